The highest BCUT2D eigenvalue weighted by atomic mass is 35.5. The average molecular weight is 231 g/mol. The predicted octanol–water partition coefficient (Wildman–Crippen LogP) is 1.66. The third-order valence-corrected chi connectivity index (χ3v) is 2.22. The van der Waals surface area contributed by atoms with Crippen molar-refractivity contribution in [3.05, 3.63) is 23.1 Å². The molecule has 1 aromatic heterocycles. The first-order valence-corrected chi connectivity index (χ1v) is 5.35. The van der Waals surface area contributed by atoms with Crippen molar-refractivity contribution in [2.24, 2.45) is 0 Å². The van der Waals surface area contributed by atoms with E-state index in [1.54, 1.807) is 6.07 Å². The van der Waals surface area contributed by atoms with Crippen LogP contribution in [0.15, 0.2) is 16.7 Å². The van der Waals surface area contributed by atoms with Crippen LogP contribution in [0.4, 0.5) is 0 Å². The molecule has 1 rings (SSSR count). The molecule has 15 heavy (non-hydrogen) atoms. The summed E-state index contributed by atoms with van der Waals surface area (Å²) >= 11 is 5.66. The molecule has 5 heteroatoms. The summed E-state index contributed by atoms with van der Waals surface area (Å²) in [4.78, 5) is 11.5. The van der Waals surface area contributed by atoms with Crippen molar-refractivity contribution < 1.29 is 9.21 Å². The molecule has 1 aromatic rings. The van der Waals surface area contributed by atoms with E-state index in [0.717, 1.165) is 19.5 Å². The van der Waals surface area contributed by atoms with Crippen molar-refractivity contribution in [3.8, 4) is 0 Å². The number of carbonyl (C=O) groups excluding carboxylic acids is 1. The summed E-state index contributed by atoms with van der Waals surface area (Å²) < 4.78 is 4.82. The van der Waals surface area contributed by atoms with E-state index in [9.17, 15) is 4.79 Å². The van der Waals surface area contributed by atoms with Gasteiger partial charge in [0.25, 0.3) is 5.91 Å². The quantitative estimate of drug-likeness (QED) is 0.731. The second kappa shape index (κ2) is 6.48. The molecule has 0 radical (unpaired) electrons. The van der Waals surface area contributed by atoms with E-state index >= 15 is 0 Å². The van der Waals surface area contributed by atoms with Gasteiger partial charge in [0.05, 0.1) is 11.8 Å². The molecule has 1 amide bonds. The van der Waals surface area contributed by atoms with Crippen molar-refractivity contribution in [1.29, 1.82) is 0 Å². The van der Waals surface area contributed by atoms with Crippen molar-refractivity contribution in [3.63, 3.8) is 0 Å². The Balaban J connectivity index is 2.22. The molecule has 84 valence electrons. The van der Waals surface area contributed by atoms with E-state index in [-0.39, 0.29) is 11.1 Å². The van der Waals surface area contributed by atoms with Crippen LogP contribution in [0.3, 0.4) is 0 Å². The molecule has 2 N–H and O–H groups in total. The van der Waals surface area contributed by atoms with E-state index < -0.39 is 0 Å². The Morgan fingerprint density at radius 3 is 2.93 bits per heavy atom. The fourth-order valence-electron chi connectivity index (χ4n) is 1.14. The zero-order valence-corrected chi connectivity index (χ0v) is 9.43. The lowest BCUT2D eigenvalue weighted by Crippen LogP contribution is -2.27. The highest BCUT2D eigenvalue weighted by Gasteiger charge is 2.11. The minimum absolute atomic E-state index is 0.138. The molecule has 0 aromatic carbocycles. The molecule has 0 spiro atoms. The number of nitrogens with one attached hydrogen (secondary N) is 2. The predicted molar refractivity (Wildman–Crippen MR) is 59.2 cm³/mol. The van der Waals surface area contributed by atoms with Crippen molar-refractivity contribution >= 4 is 17.5 Å². The molecule has 0 atom stereocenters. The highest BCUT2D eigenvalue weighted by molar-refractivity contribution is 6.32. The molecule has 4 nitrogen and oxygen atoms in total. The molecule has 1 heterocycles. The number of hydrogen-bond donors (Lipinski definition) is 2. The lowest BCUT2D eigenvalue weighted by molar-refractivity contribution is 0.0953. The largest absolute Gasteiger partial charge is 0.452 e. The number of amides is 1. The molecule has 0 aliphatic rings. The van der Waals surface area contributed by atoms with Crippen molar-refractivity contribution in [1.82, 2.24) is 10.6 Å². The Morgan fingerprint density at radius 2 is 2.33 bits per heavy atom. The van der Waals surface area contributed by atoms with Crippen LogP contribution in [-0.4, -0.2) is 25.5 Å². The van der Waals surface area contributed by atoms with E-state index in [1.165, 1.54) is 6.26 Å². The van der Waals surface area contributed by atoms with E-state index in [1.807, 2.05) is 6.92 Å². The summed E-state index contributed by atoms with van der Waals surface area (Å²) in [5, 5.41) is 6.07. The van der Waals surface area contributed by atoms with Crippen LogP contribution in [0.1, 0.15) is 23.7 Å². The maximum atomic E-state index is 11.5. The molecular formula is C10H15ClN2O2. The Morgan fingerprint density at radius 1 is 1.53 bits per heavy atom. The third-order valence-electron chi connectivity index (χ3n) is 1.93. The molecule has 0 saturated heterocycles. The molecule has 0 saturated carbocycles. The van der Waals surface area contributed by atoms with Crippen LogP contribution in [0, 0.1) is 0 Å². The van der Waals surface area contributed by atoms with Gasteiger partial charge < -0.3 is 15.1 Å². The summed E-state index contributed by atoms with van der Waals surface area (Å²) in [6, 6.07) is 1.56. The smallest absolute Gasteiger partial charge is 0.256 e. The second-order valence-corrected chi connectivity index (χ2v) is 3.41. The topological polar surface area (TPSA) is 54.3 Å². The SMILES string of the molecule is CCNCCCNC(=O)c1ccoc1Cl. The minimum Gasteiger partial charge on any atom is -0.452 e. The number of rotatable bonds is 6. The molecule has 0 aliphatic carbocycles. The first kappa shape index (κ1) is 12.1. The van der Waals surface area contributed by atoms with Crippen molar-refractivity contribution in [2.75, 3.05) is 19.6 Å². The van der Waals surface area contributed by atoms with Gasteiger partial charge in [0, 0.05) is 6.54 Å². The summed E-state index contributed by atoms with van der Waals surface area (Å²) in [5.41, 5.74) is 0.389. The fourth-order valence-corrected chi connectivity index (χ4v) is 1.34. The van der Waals surface area contributed by atoms with Crippen LogP contribution >= 0.6 is 11.6 Å². The summed E-state index contributed by atoms with van der Waals surface area (Å²) in [7, 11) is 0. The van der Waals surface area contributed by atoms with Crippen LogP contribution in [0.2, 0.25) is 5.22 Å². The van der Waals surface area contributed by atoms with Gasteiger partial charge in [-0.15, -0.1) is 0 Å². The Kier molecular flexibility index (Phi) is 5.21. The summed E-state index contributed by atoms with van der Waals surface area (Å²) in [6.07, 6.45) is 2.30. The zero-order chi connectivity index (χ0) is 11.1. The van der Waals surface area contributed by atoms with Gasteiger partial charge in [0.1, 0.15) is 0 Å². The highest BCUT2D eigenvalue weighted by Crippen LogP contribution is 2.15. The van der Waals surface area contributed by atoms with Crippen LogP contribution in [0.5, 0.6) is 0 Å². The summed E-state index contributed by atoms with van der Waals surface area (Å²) in [6.45, 7) is 4.52. The zero-order valence-electron chi connectivity index (χ0n) is 8.68. The van der Waals surface area contributed by atoms with Crippen LogP contribution in [0.25, 0.3) is 0 Å². The molecule has 0 fully saturated rings. The monoisotopic (exact) mass is 230 g/mol. The standard InChI is InChI=1S/C10H15ClN2O2/c1-2-12-5-3-6-13-10(14)8-4-7-15-9(8)11/h4,7,12H,2-3,5-6H2,1H3,(H,13,14). The molecule has 0 unspecified atom stereocenters. The summed E-state index contributed by atoms with van der Waals surface area (Å²) in [5.74, 6) is -0.190. The van der Waals surface area contributed by atoms with Gasteiger partial charge in [-0.05, 0) is 37.2 Å². The molecule has 0 aliphatic heterocycles. The van der Waals surface area contributed by atoms with Crippen molar-refractivity contribution in [2.45, 2.75) is 13.3 Å². The number of carbonyl (C=O) groups is 1. The normalized spacial score (nSPS) is 10.3. The first-order valence-electron chi connectivity index (χ1n) is 4.97. The van der Waals surface area contributed by atoms with Gasteiger partial charge in [-0.2, -0.15) is 0 Å². The van der Waals surface area contributed by atoms with E-state index in [4.69, 9.17) is 16.0 Å². The number of hydrogen-bond acceptors (Lipinski definition) is 3. The van der Waals surface area contributed by atoms with Gasteiger partial charge in [0.15, 0.2) is 0 Å². The number of furan rings is 1. The maximum Gasteiger partial charge on any atom is 0.256 e. The van der Waals surface area contributed by atoms with E-state index in [0.29, 0.717) is 12.1 Å². The fraction of sp³-hybridized carbons (Fsp3) is 0.500. The Hall–Kier alpha value is -1.00. The van der Waals surface area contributed by atoms with Gasteiger partial charge in [0.2, 0.25) is 5.22 Å². The Bertz CT molecular complexity index is 312. The third kappa shape index (κ3) is 3.93. The van der Waals surface area contributed by atoms with Gasteiger partial charge in [-0.1, -0.05) is 6.92 Å². The molecular weight excluding hydrogens is 216 g/mol. The van der Waals surface area contributed by atoms with Gasteiger partial charge in [-0.3, -0.25) is 4.79 Å². The lowest BCUT2D eigenvalue weighted by atomic mass is 10.3. The minimum atomic E-state index is -0.190. The van der Waals surface area contributed by atoms with E-state index in [2.05, 4.69) is 10.6 Å². The lowest BCUT2D eigenvalue weighted by Gasteiger charge is -2.03. The molecule has 0 bridgehead atoms. The maximum absolute atomic E-state index is 11.5. The van der Waals surface area contributed by atoms with Crippen LogP contribution < -0.4 is 10.6 Å². The van der Waals surface area contributed by atoms with Crippen LogP contribution in [-0.2, 0) is 0 Å². The number of halogens is 1. The van der Waals surface area contributed by atoms with Gasteiger partial charge in [-0.25, -0.2) is 0 Å². The van der Waals surface area contributed by atoms with Gasteiger partial charge >= 0.3 is 0 Å². The first-order chi connectivity index (χ1) is 7.25. The second-order valence-electron chi connectivity index (χ2n) is 3.07. The average Bonchev–Trinajstić information content (AvgIpc) is 2.64. The Labute approximate surface area is 94.0 Å².